The van der Waals surface area contributed by atoms with Gasteiger partial charge in [-0.2, -0.15) is 0 Å². The minimum Gasteiger partial charge on any atom is -0.383 e. The van der Waals surface area contributed by atoms with Crippen LogP contribution in [0.2, 0.25) is 0 Å². The Morgan fingerprint density at radius 2 is 2.00 bits per heavy atom. The van der Waals surface area contributed by atoms with Crippen LogP contribution in [0.5, 0.6) is 0 Å². The van der Waals surface area contributed by atoms with Gasteiger partial charge in [-0.3, -0.25) is 4.90 Å². The Hall–Kier alpha value is -1.02. The van der Waals surface area contributed by atoms with Crippen LogP contribution in [-0.2, 0) is 21.3 Å². The minimum absolute atomic E-state index is 0.0591. The molecular formula is C16H25FN2O3S. The van der Waals surface area contributed by atoms with Gasteiger partial charge in [-0.05, 0) is 25.8 Å². The number of hydrogen-bond acceptors (Lipinski definition) is 4. The molecule has 2 rings (SSSR count). The van der Waals surface area contributed by atoms with Crippen LogP contribution in [0.15, 0.2) is 24.3 Å². The lowest BCUT2D eigenvalue weighted by atomic mass is 10.1. The van der Waals surface area contributed by atoms with Crippen LogP contribution in [0.4, 0.5) is 4.39 Å². The molecule has 1 N–H and O–H groups in total. The fraction of sp³-hybridized carbons (Fsp3) is 0.625. The van der Waals surface area contributed by atoms with Crippen LogP contribution in [0.25, 0.3) is 0 Å². The molecule has 1 aromatic carbocycles. The number of piperidine rings is 1. The SMILES string of the molecule is COC[C@H](C)S(=O)(=O)NC1CCN(Cc2ccccc2F)CC1. The van der Waals surface area contributed by atoms with Crippen LogP contribution in [0.1, 0.15) is 25.3 Å². The lowest BCUT2D eigenvalue weighted by Gasteiger charge is -2.32. The van der Waals surface area contributed by atoms with E-state index in [4.69, 9.17) is 4.74 Å². The third-order valence-electron chi connectivity index (χ3n) is 4.20. The molecule has 5 nitrogen and oxygen atoms in total. The zero-order chi connectivity index (χ0) is 16.9. The summed E-state index contributed by atoms with van der Waals surface area (Å²) in [4.78, 5) is 2.15. The predicted molar refractivity (Wildman–Crippen MR) is 88.1 cm³/mol. The van der Waals surface area contributed by atoms with Crippen molar-refractivity contribution < 1.29 is 17.5 Å². The first-order valence-corrected chi connectivity index (χ1v) is 9.43. The molecule has 1 fully saturated rings. The molecule has 0 aliphatic carbocycles. The number of halogens is 1. The Morgan fingerprint density at radius 1 is 1.35 bits per heavy atom. The second kappa shape index (κ2) is 8.19. The Kier molecular flexibility index (Phi) is 6.52. The lowest BCUT2D eigenvalue weighted by Crippen LogP contribution is -2.47. The van der Waals surface area contributed by atoms with Gasteiger partial charge in [0.1, 0.15) is 5.82 Å². The molecule has 0 aromatic heterocycles. The Labute approximate surface area is 137 Å². The smallest absolute Gasteiger partial charge is 0.216 e. The fourth-order valence-electron chi connectivity index (χ4n) is 2.75. The molecule has 0 bridgehead atoms. The van der Waals surface area contributed by atoms with Crippen molar-refractivity contribution in [1.82, 2.24) is 9.62 Å². The monoisotopic (exact) mass is 344 g/mol. The van der Waals surface area contributed by atoms with Gasteiger partial charge < -0.3 is 4.74 Å². The maximum Gasteiger partial charge on any atom is 0.216 e. The molecule has 1 aliphatic heterocycles. The van der Waals surface area contributed by atoms with Gasteiger partial charge in [-0.25, -0.2) is 17.5 Å². The first-order valence-electron chi connectivity index (χ1n) is 7.88. The molecule has 130 valence electrons. The second-order valence-electron chi connectivity index (χ2n) is 6.07. The zero-order valence-corrected chi connectivity index (χ0v) is 14.5. The summed E-state index contributed by atoms with van der Waals surface area (Å²) >= 11 is 0. The number of ether oxygens (including phenoxy) is 1. The van der Waals surface area contributed by atoms with Crippen molar-refractivity contribution >= 4 is 10.0 Å². The maximum atomic E-state index is 13.7. The van der Waals surface area contributed by atoms with Crippen molar-refractivity contribution in [2.45, 2.75) is 37.6 Å². The molecule has 1 aromatic rings. The molecule has 1 aliphatic rings. The highest BCUT2D eigenvalue weighted by molar-refractivity contribution is 7.90. The van der Waals surface area contributed by atoms with E-state index in [1.165, 1.54) is 13.2 Å². The summed E-state index contributed by atoms with van der Waals surface area (Å²) in [6.45, 7) is 3.88. The number of nitrogens with zero attached hydrogens (tertiary/aromatic N) is 1. The third kappa shape index (κ3) is 5.24. The first kappa shape index (κ1) is 18.3. The fourth-order valence-corrected chi connectivity index (χ4v) is 4.00. The molecule has 1 heterocycles. The van der Waals surface area contributed by atoms with Crippen LogP contribution in [0, 0.1) is 5.82 Å². The lowest BCUT2D eigenvalue weighted by molar-refractivity contribution is 0.193. The van der Waals surface area contributed by atoms with E-state index in [0.29, 0.717) is 12.1 Å². The number of nitrogens with one attached hydrogen (secondary N) is 1. The van der Waals surface area contributed by atoms with Gasteiger partial charge in [0.15, 0.2) is 0 Å². The number of hydrogen-bond donors (Lipinski definition) is 1. The van der Waals surface area contributed by atoms with Crippen molar-refractivity contribution in [3.8, 4) is 0 Å². The Balaban J connectivity index is 1.83. The summed E-state index contributed by atoms with van der Waals surface area (Å²) in [6, 6.07) is 6.71. The van der Waals surface area contributed by atoms with Crippen molar-refractivity contribution in [2.75, 3.05) is 26.8 Å². The third-order valence-corrected chi connectivity index (χ3v) is 6.06. The highest BCUT2D eigenvalue weighted by Crippen LogP contribution is 2.17. The largest absolute Gasteiger partial charge is 0.383 e. The van der Waals surface area contributed by atoms with Crippen molar-refractivity contribution in [2.24, 2.45) is 0 Å². The van der Waals surface area contributed by atoms with Gasteiger partial charge in [0.25, 0.3) is 0 Å². The van der Waals surface area contributed by atoms with E-state index < -0.39 is 15.3 Å². The van der Waals surface area contributed by atoms with Gasteiger partial charge in [-0.15, -0.1) is 0 Å². The number of sulfonamides is 1. The van der Waals surface area contributed by atoms with E-state index >= 15 is 0 Å². The van der Waals surface area contributed by atoms with E-state index in [0.717, 1.165) is 25.9 Å². The quantitative estimate of drug-likeness (QED) is 0.819. The van der Waals surface area contributed by atoms with Gasteiger partial charge in [-0.1, -0.05) is 18.2 Å². The molecule has 0 saturated carbocycles. The molecule has 7 heteroatoms. The zero-order valence-electron chi connectivity index (χ0n) is 13.7. The van der Waals surface area contributed by atoms with E-state index in [1.807, 2.05) is 6.07 Å². The average Bonchev–Trinajstić information content (AvgIpc) is 2.51. The van der Waals surface area contributed by atoms with Gasteiger partial charge in [0.05, 0.1) is 11.9 Å². The molecule has 0 amide bonds. The van der Waals surface area contributed by atoms with Gasteiger partial charge in [0, 0.05) is 38.3 Å². The minimum atomic E-state index is -3.36. The number of likely N-dealkylation sites (tertiary alicyclic amines) is 1. The van der Waals surface area contributed by atoms with Crippen LogP contribution in [0.3, 0.4) is 0 Å². The standard InChI is InChI=1S/C16H25FN2O3S/c1-13(12-22-2)23(20,21)18-15-7-9-19(10-8-15)11-14-5-3-4-6-16(14)17/h3-6,13,15,18H,7-12H2,1-2H3/t13-/m0/s1. The average molecular weight is 344 g/mol. The summed E-state index contributed by atoms with van der Waals surface area (Å²) < 4.78 is 45.7. The summed E-state index contributed by atoms with van der Waals surface area (Å²) in [5, 5.41) is -0.566. The van der Waals surface area contributed by atoms with Crippen molar-refractivity contribution in [3.63, 3.8) is 0 Å². The number of benzene rings is 1. The predicted octanol–water partition coefficient (Wildman–Crippen LogP) is 1.74. The summed E-state index contributed by atoms with van der Waals surface area (Å²) in [7, 11) is -1.87. The summed E-state index contributed by atoms with van der Waals surface area (Å²) in [5.74, 6) is -0.191. The maximum absolute atomic E-state index is 13.7. The number of methoxy groups -OCH3 is 1. The molecule has 1 saturated heterocycles. The molecular weight excluding hydrogens is 319 g/mol. The Morgan fingerprint density at radius 3 is 2.61 bits per heavy atom. The normalized spacial score (nSPS) is 18.9. The summed E-state index contributed by atoms with van der Waals surface area (Å²) in [5.41, 5.74) is 0.681. The van der Waals surface area contributed by atoms with Crippen LogP contribution >= 0.6 is 0 Å². The van der Waals surface area contributed by atoms with Crippen LogP contribution in [-0.4, -0.2) is 51.4 Å². The van der Waals surface area contributed by atoms with Gasteiger partial charge in [0.2, 0.25) is 10.0 Å². The highest BCUT2D eigenvalue weighted by Gasteiger charge is 2.27. The second-order valence-corrected chi connectivity index (χ2v) is 8.20. The van der Waals surface area contributed by atoms with Gasteiger partial charge >= 0.3 is 0 Å². The Bertz CT molecular complexity index is 601. The van der Waals surface area contributed by atoms with E-state index in [9.17, 15) is 12.8 Å². The first-order chi connectivity index (χ1) is 10.9. The van der Waals surface area contributed by atoms with Crippen molar-refractivity contribution in [3.05, 3.63) is 35.6 Å². The van der Waals surface area contributed by atoms with E-state index in [1.54, 1.807) is 19.1 Å². The summed E-state index contributed by atoms with van der Waals surface area (Å²) in [6.07, 6.45) is 1.46. The van der Waals surface area contributed by atoms with Crippen LogP contribution < -0.4 is 4.72 Å². The van der Waals surface area contributed by atoms with Crippen molar-refractivity contribution in [1.29, 1.82) is 0 Å². The van der Waals surface area contributed by atoms with E-state index in [-0.39, 0.29) is 18.5 Å². The topological polar surface area (TPSA) is 58.6 Å². The molecule has 0 spiro atoms. The molecule has 1 atom stereocenters. The molecule has 0 radical (unpaired) electrons. The van der Waals surface area contributed by atoms with E-state index in [2.05, 4.69) is 9.62 Å². The highest BCUT2D eigenvalue weighted by atomic mass is 32.2. The number of rotatable bonds is 7. The molecule has 23 heavy (non-hydrogen) atoms. The molecule has 0 unspecified atom stereocenters.